The fourth-order valence-electron chi connectivity index (χ4n) is 1.29. The van der Waals surface area contributed by atoms with Crippen molar-refractivity contribution in [1.29, 1.82) is 0 Å². The summed E-state index contributed by atoms with van der Waals surface area (Å²) in [6.07, 6.45) is -0.170. The van der Waals surface area contributed by atoms with Crippen molar-refractivity contribution in [2.75, 3.05) is 13.7 Å². The zero-order chi connectivity index (χ0) is 10.6. The molecule has 0 radical (unpaired) electrons. The van der Waals surface area contributed by atoms with Gasteiger partial charge >= 0.3 is 0 Å². The molecule has 1 rings (SSSR count). The Kier molecular flexibility index (Phi) is 3.73. The summed E-state index contributed by atoms with van der Waals surface area (Å²) in [5.74, 6) is 0.594. The van der Waals surface area contributed by atoms with Crippen LogP contribution in [0.5, 0.6) is 11.5 Å². The van der Waals surface area contributed by atoms with Gasteiger partial charge in [-0.25, -0.2) is 0 Å². The van der Waals surface area contributed by atoms with Crippen LogP contribution in [0.4, 0.5) is 0 Å². The van der Waals surface area contributed by atoms with E-state index in [0.29, 0.717) is 24.3 Å². The lowest BCUT2D eigenvalue weighted by molar-refractivity contribution is 0.166. The molecule has 0 saturated carbocycles. The monoisotopic (exact) mass is 197 g/mol. The average Bonchev–Trinajstić information content (AvgIpc) is 2.17. The molecular formula is C10H15NO3. The van der Waals surface area contributed by atoms with Crippen molar-refractivity contribution in [2.24, 2.45) is 5.73 Å². The van der Waals surface area contributed by atoms with Crippen molar-refractivity contribution in [2.45, 2.75) is 12.5 Å². The number of phenols is 1. The van der Waals surface area contributed by atoms with Crippen molar-refractivity contribution in [1.82, 2.24) is 0 Å². The second kappa shape index (κ2) is 4.83. The smallest absolute Gasteiger partial charge is 0.128 e. The van der Waals surface area contributed by atoms with Gasteiger partial charge in [0.05, 0.1) is 13.2 Å². The van der Waals surface area contributed by atoms with E-state index in [-0.39, 0.29) is 5.75 Å². The lowest BCUT2D eigenvalue weighted by atomic mass is 10.1. The Hall–Kier alpha value is -1.26. The Labute approximate surface area is 82.9 Å². The van der Waals surface area contributed by atoms with E-state index in [1.165, 1.54) is 19.2 Å². The minimum atomic E-state index is -0.643. The molecule has 1 atom stereocenters. The number of aromatic hydroxyl groups is 1. The van der Waals surface area contributed by atoms with Gasteiger partial charge in [0.25, 0.3) is 0 Å². The van der Waals surface area contributed by atoms with E-state index in [9.17, 15) is 10.2 Å². The van der Waals surface area contributed by atoms with Crippen molar-refractivity contribution in [3.63, 3.8) is 0 Å². The van der Waals surface area contributed by atoms with E-state index in [2.05, 4.69) is 0 Å². The molecule has 0 bridgehead atoms. The Morgan fingerprint density at radius 1 is 1.50 bits per heavy atom. The maximum Gasteiger partial charge on any atom is 0.128 e. The van der Waals surface area contributed by atoms with Crippen LogP contribution in [-0.2, 0) is 0 Å². The molecule has 0 heterocycles. The van der Waals surface area contributed by atoms with Crippen molar-refractivity contribution >= 4 is 0 Å². The molecule has 1 aromatic rings. The molecule has 0 aliphatic rings. The molecule has 0 fully saturated rings. The van der Waals surface area contributed by atoms with Crippen LogP contribution in [-0.4, -0.2) is 23.9 Å². The summed E-state index contributed by atoms with van der Waals surface area (Å²) in [5.41, 5.74) is 5.99. The van der Waals surface area contributed by atoms with Gasteiger partial charge in [-0.15, -0.1) is 0 Å². The highest BCUT2D eigenvalue weighted by Gasteiger charge is 2.12. The average molecular weight is 197 g/mol. The SMILES string of the molecule is COc1cc(O)ccc1[C@H](O)CCN. The molecule has 0 unspecified atom stereocenters. The van der Waals surface area contributed by atoms with Crippen LogP contribution in [0.25, 0.3) is 0 Å². The van der Waals surface area contributed by atoms with Crippen LogP contribution in [0, 0.1) is 0 Å². The third-order valence-electron chi connectivity index (χ3n) is 2.02. The predicted molar refractivity (Wildman–Crippen MR) is 53.3 cm³/mol. The lowest BCUT2D eigenvalue weighted by Gasteiger charge is -2.13. The van der Waals surface area contributed by atoms with Gasteiger partial charge in [-0.05, 0) is 25.1 Å². The molecule has 4 heteroatoms. The van der Waals surface area contributed by atoms with Crippen LogP contribution in [0.15, 0.2) is 18.2 Å². The van der Waals surface area contributed by atoms with E-state index in [4.69, 9.17) is 10.5 Å². The van der Waals surface area contributed by atoms with E-state index in [1.54, 1.807) is 6.07 Å². The van der Waals surface area contributed by atoms with Gasteiger partial charge in [-0.3, -0.25) is 0 Å². The van der Waals surface area contributed by atoms with Crippen molar-refractivity contribution < 1.29 is 14.9 Å². The van der Waals surface area contributed by atoms with Crippen molar-refractivity contribution in [3.8, 4) is 11.5 Å². The molecule has 0 saturated heterocycles. The van der Waals surface area contributed by atoms with Gasteiger partial charge in [0.15, 0.2) is 0 Å². The number of aliphatic hydroxyl groups excluding tert-OH is 1. The third-order valence-corrected chi connectivity index (χ3v) is 2.02. The predicted octanol–water partition coefficient (Wildman–Crippen LogP) is 0.783. The summed E-state index contributed by atoms with van der Waals surface area (Å²) in [6.45, 7) is 0.408. The Morgan fingerprint density at radius 2 is 2.21 bits per heavy atom. The third kappa shape index (κ3) is 2.37. The summed E-state index contributed by atoms with van der Waals surface area (Å²) in [4.78, 5) is 0. The minimum Gasteiger partial charge on any atom is -0.508 e. The normalized spacial score (nSPS) is 12.5. The first-order valence-electron chi connectivity index (χ1n) is 4.44. The Bertz CT molecular complexity index is 301. The van der Waals surface area contributed by atoms with Crippen LogP contribution in [0.2, 0.25) is 0 Å². The van der Waals surface area contributed by atoms with Gasteiger partial charge < -0.3 is 20.7 Å². The number of benzene rings is 1. The first-order valence-corrected chi connectivity index (χ1v) is 4.44. The second-order valence-electron chi connectivity index (χ2n) is 3.02. The van der Waals surface area contributed by atoms with Gasteiger partial charge in [0, 0.05) is 11.6 Å². The molecular weight excluding hydrogens is 182 g/mol. The van der Waals surface area contributed by atoms with Crippen LogP contribution in [0.1, 0.15) is 18.1 Å². The number of aliphatic hydroxyl groups is 1. The summed E-state index contributed by atoms with van der Waals surface area (Å²) in [5, 5.41) is 18.9. The highest BCUT2D eigenvalue weighted by atomic mass is 16.5. The number of hydrogen-bond donors (Lipinski definition) is 3. The largest absolute Gasteiger partial charge is 0.508 e. The maximum absolute atomic E-state index is 9.68. The number of nitrogens with two attached hydrogens (primary N) is 1. The standard InChI is InChI=1S/C10H15NO3/c1-14-10-6-7(12)2-3-8(10)9(13)4-5-11/h2-3,6,9,12-13H,4-5,11H2,1H3/t9-/m1/s1. The summed E-state index contributed by atoms with van der Waals surface area (Å²) >= 11 is 0. The molecule has 0 spiro atoms. The van der Waals surface area contributed by atoms with E-state index >= 15 is 0 Å². The molecule has 1 aromatic carbocycles. The molecule has 0 aliphatic heterocycles. The minimum absolute atomic E-state index is 0.116. The fourth-order valence-corrected chi connectivity index (χ4v) is 1.29. The molecule has 4 nitrogen and oxygen atoms in total. The van der Waals surface area contributed by atoms with Crippen LogP contribution < -0.4 is 10.5 Å². The summed E-state index contributed by atoms with van der Waals surface area (Å²) < 4.78 is 5.03. The molecule has 78 valence electrons. The topological polar surface area (TPSA) is 75.7 Å². The zero-order valence-electron chi connectivity index (χ0n) is 8.10. The number of methoxy groups -OCH3 is 1. The van der Waals surface area contributed by atoms with Gasteiger partial charge in [-0.1, -0.05) is 0 Å². The molecule has 0 aliphatic carbocycles. The zero-order valence-corrected chi connectivity index (χ0v) is 8.10. The summed E-state index contributed by atoms with van der Waals surface area (Å²) in [6, 6.07) is 4.61. The number of hydrogen-bond acceptors (Lipinski definition) is 4. The quantitative estimate of drug-likeness (QED) is 0.666. The van der Waals surface area contributed by atoms with Gasteiger partial charge in [0.1, 0.15) is 11.5 Å². The lowest BCUT2D eigenvalue weighted by Crippen LogP contribution is -2.07. The number of ether oxygens (including phenoxy) is 1. The highest BCUT2D eigenvalue weighted by molar-refractivity contribution is 5.41. The fraction of sp³-hybridized carbons (Fsp3) is 0.400. The Balaban J connectivity index is 2.95. The molecule has 4 N–H and O–H groups in total. The first-order chi connectivity index (χ1) is 6.69. The van der Waals surface area contributed by atoms with E-state index in [1.807, 2.05) is 0 Å². The van der Waals surface area contributed by atoms with E-state index < -0.39 is 6.10 Å². The van der Waals surface area contributed by atoms with Gasteiger partial charge in [-0.2, -0.15) is 0 Å². The molecule has 14 heavy (non-hydrogen) atoms. The number of rotatable bonds is 4. The maximum atomic E-state index is 9.68. The first kappa shape index (κ1) is 10.8. The summed E-state index contributed by atoms with van der Waals surface area (Å²) in [7, 11) is 1.49. The Morgan fingerprint density at radius 3 is 2.79 bits per heavy atom. The van der Waals surface area contributed by atoms with E-state index in [0.717, 1.165) is 0 Å². The molecule has 0 amide bonds. The number of phenolic OH excluding ortho intramolecular Hbond substituents is 1. The van der Waals surface area contributed by atoms with Crippen molar-refractivity contribution in [3.05, 3.63) is 23.8 Å². The molecule has 0 aromatic heterocycles. The highest BCUT2D eigenvalue weighted by Crippen LogP contribution is 2.29. The van der Waals surface area contributed by atoms with Crippen LogP contribution >= 0.6 is 0 Å². The van der Waals surface area contributed by atoms with Crippen LogP contribution in [0.3, 0.4) is 0 Å². The van der Waals surface area contributed by atoms with Gasteiger partial charge in [0.2, 0.25) is 0 Å². The second-order valence-corrected chi connectivity index (χ2v) is 3.02.